The maximum atomic E-state index is 16.1. The molecule has 0 spiro atoms. The summed E-state index contributed by atoms with van der Waals surface area (Å²) in [7, 11) is 1.54. The van der Waals surface area contributed by atoms with Gasteiger partial charge < -0.3 is 14.2 Å². The summed E-state index contributed by atoms with van der Waals surface area (Å²) in [5, 5.41) is 0.879. The Bertz CT molecular complexity index is 1630. The minimum absolute atomic E-state index is 0.00536. The van der Waals surface area contributed by atoms with Gasteiger partial charge >= 0.3 is 6.03 Å². The number of rotatable bonds is 9. The zero-order chi connectivity index (χ0) is 29.9. The first kappa shape index (κ1) is 29.4. The molecule has 8 nitrogen and oxygen atoms in total. The molecule has 2 aliphatic heterocycles. The normalized spacial score (nSPS) is 15.9. The maximum Gasteiger partial charge on any atom is 0.327 e. The van der Waals surface area contributed by atoms with Crippen LogP contribution in [-0.2, 0) is 9.47 Å². The van der Waals surface area contributed by atoms with E-state index in [4.69, 9.17) is 14.5 Å². The minimum atomic E-state index is -0.617. The topological polar surface area (TPSA) is 79.8 Å². The molecule has 2 aliphatic rings. The number of benzene rings is 2. The molecule has 1 N–H and O–H groups in total. The molecular formula is C30H28F3N5O3S2. The molecule has 43 heavy (non-hydrogen) atoms. The Morgan fingerprint density at radius 1 is 1.12 bits per heavy atom. The first-order valence-electron chi connectivity index (χ1n) is 13.7. The third-order valence-electron chi connectivity index (χ3n) is 7.30. The number of anilines is 2. The van der Waals surface area contributed by atoms with Crippen molar-refractivity contribution < 1.29 is 27.4 Å². The molecule has 0 bridgehead atoms. The highest BCUT2D eigenvalue weighted by Crippen LogP contribution is 2.44. The van der Waals surface area contributed by atoms with E-state index in [1.54, 1.807) is 28.1 Å². The van der Waals surface area contributed by atoms with Crippen LogP contribution in [0.15, 0.2) is 59.6 Å². The van der Waals surface area contributed by atoms with Crippen molar-refractivity contribution in [3.05, 3.63) is 77.2 Å². The van der Waals surface area contributed by atoms with Crippen LogP contribution in [-0.4, -0.2) is 61.0 Å². The molecule has 2 aromatic carbocycles. The number of amides is 2. The average molecular weight is 628 g/mol. The van der Waals surface area contributed by atoms with E-state index in [0.717, 1.165) is 58.4 Å². The standard InChI is InChI=1S/C30H28F3N5O3S2/c1-40-17-37-11-12-38(30(37)39)25-15-19(7-10-34-25)28-27(35-29(42-28)18-8-13-41-14-9-18)21-3-2-4-23(26(21)33)36-43-24-16-20(31)5-6-22(24)32/h2-7,10,15-16,18,36H,8-9,11-14,17H2,1H3. The van der Waals surface area contributed by atoms with Gasteiger partial charge in [-0.3, -0.25) is 9.80 Å². The van der Waals surface area contributed by atoms with E-state index < -0.39 is 17.5 Å². The number of carbonyl (C=O) groups is 1. The molecule has 0 unspecified atom stereocenters. The molecule has 4 aromatic rings. The van der Waals surface area contributed by atoms with E-state index in [2.05, 4.69) is 9.71 Å². The zero-order valence-corrected chi connectivity index (χ0v) is 24.8. The Kier molecular flexibility index (Phi) is 8.84. The van der Waals surface area contributed by atoms with E-state index in [9.17, 15) is 13.6 Å². The van der Waals surface area contributed by atoms with E-state index in [1.807, 2.05) is 12.1 Å². The van der Waals surface area contributed by atoms with Crippen LogP contribution >= 0.6 is 23.3 Å². The smallest absolute Gasteiger partial charge is 0.327 e. The summed E-state index contributed by atoms with van der Waals surface area (Å²) in [6.45, 7) is 2.43. The van der Waals surface area contributed by atoms with E-state index in [0.29, 0.717) is 37.8 Å². The predicted molar refractivity (Wildman–Crippen MR) is 161 cm³/mol. The van der Waals surface area contributed by atoms with Crippen LogP contribution in [0.25, 0.3) is 21.7 Å². The fourth-order valence-corrected chi connectivity index (χ4v) is 7.03. The van der Waals surface area contributed by atoms with Crippen LogP contribution in [0.3, 0.4) is 0 Å². The molecule has 224 valence electrons. The number of aromatic nitrogens is 2. The van der Waals surface area contributed by atoms with Gasteiger partial charge in [-0.1, -0.05) is 6.07 Å². The quantitative estimate of drug-likeness (QED) is 0.198. The third-order valence-corrected chi connectivity index (χ3v) is 9.42. The molecule has 13 heteroatoms. The van der Waals surface area contributed by atoms with Gasteiger partial charge in [-0.2, -0.15) is 0 Å². The monoisotopic (exact) mass is 627 g/mol. The Morgan fingerprint density at radius 2 is 1.95 bits per heavy atom. The molecule has 2 saturated heterocycles. The summed E-state index contributed by atoms with van der Waals surface area (Å²) in [4.78, 5) is 26.3. The van der Waals surface area contributed by atoms with Crippen molar-refractivity contribution in [2.75, 3.05) is 49.8 Å². The second-order valence-corrected chi connectivity index (χ2v) is 12.0. The number of halogens is 3. The molecule has 6 rings (SSSR count). The van der Waals surface area contributed by atoms with Crippen molar-refractivity contribution in [3.63, 3.8) is 0 Å². The number of hydrogen-bond donors (Lipinski definition) is 1. The highest BCUT2D eigenvalue weighted by molar-refractivity contribution is 8.00. The molecule has 0 atom stereocenters. The van der Waals surface area contributed by atoms with Crippen molar-refractivity contribution in [2.24, 2.45) is 0 Å². The molecule has 0 radical (unpaired) electrons. The van der Waals surface area contributed by atoms with Crippen molar-refractivity contribution in [1.29, 1.82) is 0 Å². The Hall–Kier alpha value is -3.65. The summed E-state index contributed by atoms with van der Waals surface area (Å²) in [6.07, 6.45) is 3.25. The summed E-state index contributed by atoms with van der Waals surface area (Å²) in [6, 6.07) is 11.4. The second kappa shape index (κ2) is 12.9. The molecular weight excluding hydrogens is 599 g/mol. The Balaban J connectivity index is 1.36. The van der Waals surface area contributed by atoms with E-state index >= 15 is 4.39 Å². The SMILES string of the molecule is COCN1CCN(c2cc(-c3sc(C4CCOCC4)nc3-c3cccc(NSc4cc(F)ccc4F)c3F)ccn2)C1=O. The van der Waals surface area contributed by atoms with Gasteiger partial charge in [0.2, 0.25) is 0 Å². The van der Waals surface area contributed by atoms with Gasteiger partial charge in [-0.15, -0.1) is 11.3 Å². The lowest BCUT2D eigenvalue weighted by Gasteiger charge is -2.19. The minimum Gasteiger partial charge on any atom is -0.381 e. The van der Waals surface area contributed by atoms with Crippen LogP contribution in [0.1, 0.15) is 23.8 Å². The Labute approximate surface area is 255 Å². The third kappa shape index (κ3) is 6.21. The first-order chi connectivity index (χ1) is 20.9. The number of hydrogen-bond acceptors (Lipinski definition) is 8. The van der Waals surface area contributed by atoms with E-state index in [-0.39, 0.29) is 34.8 Å². The second-order valence-electron chi connectivity index (χ2n) is 10.1. The molecule has 0 aliphatic carbocycles. The number of nitrogens with one attached hydrogen (secondary N) is 1. The zero-order valence-electron chi connectivity index (χ0n) is 23.2. The number of carbonyl (C=O) groups excluding carboxylic acids is 1. The van der Waals surface area contributed by atoms with Crippen LogP contribution in [0.2, 0.25) is 0 Å². The van der Waals surface area contributed by atoms with Crippen LogP contribution < -0.4 is 9.62 Å². The highest BCUT2D eigenvalue weighted by atomic mass is 32.2. The van der Waals surface area contributed by atoms with Crippen LogP contribution in [0.5, 0.6) is 0 Å². The van der Waals surface area contributed by atoms with Gasteiger partial charge in [-0.05, 0) is 72.8 Å². The summed E-state index contributed by atoms with van der Waals surface area (Å²) in [5.41, 5.74) is 1.58. The lowest BCUT2D eigenvalue weighted by Crippen LogP contribution is -2.33. The van der Waals surface area contributed by atoms with Gasteiger partial charge in [0.15, 0.2) is 5.82 Å². The van der Waals surface area contributed by atoms with Crippen molar-refractivity contribution in [1.82, 2.24) is 14.9 Å². The largest absolute Gasteiger partial charge is 0.381 e. The van der Waals surface area contributed by atoms with Gasteiger partial charge in [-0.25, -0.2) is 27.9 Å². The van der Waals surface area contributed by atoms with Crippen LogP contribution in [0.4, 0.5) is 29.5 Å². The Morgan fingerprint density at radius 3 is 2.77 bits per heavy atom. The number of urea groups is 1. The number of pyridine rings is 1. The summed E-state index contributed by atoms with van der Waals surface area (Å²) < 4.78 is 57.5. The fraction of sp³-hybridized carbons (Fsp3) is 0.300. The fourth-order valence-electron chi connectivity index (χ4n) is 5.07. The van der Waals surface area contributed by atoms with Gasteiger partial charge in [0.05, 0.1) is 26.2 Å². The van der Waals surface area contributed by atoms with Crippen molar-refractivity contribution in [3.8, 4) is 21.7 Å². The van der Waals surface area contributed by atoms with E-state index in [1.165, 1.54) is 24.5 Å². The molecule has 4 heterocycles. The predicted octanol–water partition coefficient (Wildman–Crippen LogP) is 7.15. The number of nitrogens with zero attached hydrogens (tertiary/aromatic N) is 4. The summed E-state index contributed by atoms with van der Waals surface area (Å²) >= 11 is 2.28. The highest BCUT2D eigenvalue weighted by Gasteiger charge is 2.31. The van der Waals surface area contributed by atoms with Gasteiger partial charge in [0.1, 0.15) is 24.2 Å². The van der Waals surface area contributed by atoms with Crippen molar-refractivity contribution >= 4 is 40.8 Å². The number of ether oxygens (including phenoxy) is 2. The molecule has 2 amide bonds. The molecule has 0 saturated carbocycles. The van der Waals surface area contributed by atoms with Gasteiger partial charge in [0.25, 0.3) is 0 Å². The molecule has 2 aromatic heterocycles. The maximum absolute atomic E-state index is 16.1. The number of methoxy groups -OCH3 is 1. The first-order valence-corrected chi connectivity index (χ1v) is 15.3. The van der Waals surface area contributed by atoms with Gasteiger partial charge in [0, 0.05) is 51.1 Å². The lowest BCUT2D eigenvalue weighted by molar-refractivity contribution is 0.0853. The van der Waals surface area contributed by atoms with Crippen molar-refractivity contribution in [2.45, 2.75) is 23.7 Å². The summed E-state index contributed by atoms with van der Waals surface area (Å²) in [5.74, 6) is -1.13. The number of thiazole rings is 1. The van der Waals surface area contributed by atoms with Crippen LogP contribution in [0, 0.1) is 17.5 Å². The molecule has 2 fully saturated rings. The lowest BCUT2D eigenvalue weighted by atomic mass is 10.0. The average Bonchev–Trinajstić information content (AvgIpc) is 3.63.